The Morgan fingerprint density at radius 1 is 1.38 bits per heavy atom. The van der Waals surface area contributed by atoms with Crippen molar-refractivity contribution in [1.29, 1.82) is 0 Å². The monoisotopic (exact) mass is 201 g/mol. The van der Waals surface area contributed by atoms with Crippen LogP contribution in [0.3, 0.4) is 0 Å². The molecule has 0 spiro atoms. The Bertz CT molecular complexity index is 147. The first-order chi connectivity index (χ1) is 6.03. The third-order valence-corrected chi connectivity index (χ3v) is 4.18. The Hall–Kier alpha value is 0.310. The maximum absolute atomic E-state index is 3.46. The molecule has 1 nitrogen and oxygen atoms in total. The van der Waals surface area contributed by atoms with Gasteiger partial charge in [-0.05, 0) is 25.8 Å². The van der Waals surface area contributed by atoms with Gasteiger partial charge < -0.3 is 5.32 Å². The molecule has 0 radical (unpaired) electrons. The van der Waals surface area contributed by atoms with Crippen molar-refractivity contribution in [1.82, 2.24) is 5.32 Å². The van der Waals surface area contributed by atoms with Crippen LogP contribution in [-0.2, 0) is 0 Å². The van der Waals surface area contributed by atoms with Gasteiger partial charge in [0.15, 0.2) is 0 Å². The number of hydrogen-bond donors (Lipinski definition) is 1. The lowest BCUT2D eigenvalue weighted by Gasteiger charge is -2.34. The molecule has 13 heavy (non-hydrogen) atoms. The van der Waals surface area contributed by atoms with Crippen molar-refractivity contribution in [2.45, 2.75) is 50.8 Å². The first-order valence-corrected chi connectivity index (χ1v) is 6.33. The average Bonchev–Trinajstić information content (AvgIpc) is 1.91. The molecule has 0 aromatic heterocycles. The molecular formula is C11H23NS. The minimum Gasteiger partial charge on any atom is -0.316 e. The minimum absolute atomic E-state index is 0.416. The van der Waals surface area contributed by atoms with Gasteiger partial charge in [-0.15, -0.1) is 0 Å². The van der Waals surface area contributed by atoms with E-state index in [1.54, 1.807) is 0 Å². The SMILES string of the molecule is CNC(CSC(C)(C)C)C1CCC1. The molecule has 0 saturated heterocycles. The third-order valence-electron chi connectivity index (χ3n) is 2.79. The van der Waals surface area contributed by atoms with E-state index >= 15 is 0 Å². The average molecular weight is 201 g/mol. The van der Waals surface area contributed by atoms with Gasteiger partial charge in [-0.1, -0.05) is 27.2 Å². The molecule has 0 aromatic rings. The summed E-state index contributed by atoms with van der Waals surface area (Å²) in [4.78, 5) is 0. The molecule has 1 fully saturated rings. The van der Waals surface area contributed by atoms with Crippen LogP contribution in [0.2, 0.25) is 0 Å². The van der Waals surface area contributed by atoms with E-state index in [-0.39, 0.29) is 0 Å². The van der Waals surface area contributed by atoms with Gasteiger partial charge in [0.05, 0.1) is 0 Å². The van der Waals surface area contributed by atoms with Crippen molar-refractivity contribution in [3.8, 4) is 0 Å². The fourth-order valence-corrected chi connectivity index (χ4v) is 2.76. The van der Waals surface area contributed by atoms with Crippen LogP contribution < -0.4 is 5.32 Å². The van der Waals surface area contributed by atoms with Gasteiger partial charge in [-0.2, -0.15) is 11.8 Å². The summed E-state index contributed by atoms with van der Waals surface area (Å²) in [7, 11) is 2.10. The van der Waals surface area contributed by atoms with Crippen LogP contribution >= 0.6 is 11.8 Å². The highest BCUT2D eigenvalue weighted by atomic mass is 32.2. The number of rotatable bonds is 4. The highest BCUT2D eigenvalue weighted by Gasteiger charge is 2.27. The molecule has 1 atom stereocenters. The van der Waals surface area contributed by atoms with Crippen molar-refractivity contribution < 1.29 is 0 Å². The topological polar surface area (TPSA) is 12.0 Å². The quantitative estimate of drug-likeness (QED) is 0.750. The first kappa shape index (κ1) is 11.4. The van der Waals surface area contributed by atoms with Crippen LogP contribution in [0, 0.1) is 5.92 Å². The van der Waals surface area contributed by atoms with Gasteiger partial charge in [0.1, 0.15) is 0 Å². The van der Waals surface area contributed by atoms with E-state index in [0.717, 1.165) is 12.0 Å². The lowest BCUT2D eigenvalue weighted by molar-refractivity contribution is 0.252. The second-order valence-corrected chi connectivity index (χ2v) is 6.86. The molecule has 1 unspecified atom stereocenters. The van der Waals surface area contributed by atoms with E-state index in [9.17, 15) is 0 Å². The van der Waals surface area contributed by atoms with E-state index in [1.807, 2.05) is 0 Å². The third kappa shape index (κ3) is 3.90. The largest absolute Gasteiger partial charge is 0.316 e. The molecule has 0 bridgehead atoms. The predicted octanol–water partition coefficient (Wildman–Crippen LogP) is 2.91. The Morgan fingerprint density at radius 3 is 2.31 bits per heavy atom. The summed E-state index contributed by atoms with van der Waals surface area (Å²) in [6.45, 7) is 6.89. The van der Waals surface area contributed by atoms with Crippen molar-refractivity contribution in [3.63, 3.8) is 0 Å². The summed E-state index contributed by atoms with van der Waals surface area (Å²) >= 11 is 2.08. The lowest BCUT2D eigenvalue weighted by atomic mass is 9.80. The molecule has 0 aliphatic heterocycles. The van der Waals surface area contributed by atoms with E-state index in [1.165, 1.54) is 25.0 Å². The summed E-state index contributed by atoms with van der Waals surface area (Å²) in [6, 6.07) is 0.748. The molecule has 1 saturated carbocycles. The Balaban J connectivity index is 2.23. The standard InChI is InChI=1S/C11H23NS/c1-11(2,3)13-8-10(12-4)9-6-5-7-9/h9-10,12H,5-8H2,1-4H3. The molecule has 1 aliphatic rings. The highest BCUT2D eigenvalue weighted by Crippen LogP contribution is 2.33. The van der Waals surface area contributed by atoms with Crippen LogP contribution in [0.5, 0.6) is 0 Å². The lowest BCUT2D eigenvalue weighted by Crippen LogP contribution is -2.40. The normalized spacial score (nSPS) is 21.2. The van der Waals surface area contributed by atoms with Crippen molar-refractivity contribution in [2.75, 3.05) is 12.8 Å². The number of thioether (sulfide) groups is 1. The molecule has 2 heteroatoms. The van der Waals surface area contributed by atoms with Crippen LogP contribution in [0.15, 0.2) is 0 Å². The highest BCUT2D eigenvalue weighted by molar-refractivity contribution is 8.00. The second-order valence-electron chi connectivity index (χ2n) is 5.01. The van der Waals surface area contributed by atoms with Gasteiger partial charge in [0, 0.05) is 16.5 Å². The second kappa shape index (κ2) is 4.70. The Morgan fingerprint density at radius 2 is 2.00 bits per heavy atom. The van der Waals surface area contributed by atoms with Gasteiger partial charge in [-0.25, -0.2) is 0 Å². The Kier molecular flexibility index (Phi) is 4.11. The predicted molar refractivity (Wildman–Crippen MR) is 62.4 cm³/mol. The summed E-state index contributed by atoms with van der Waals surface area (Å²) in [5, 5.41) is 3.46. The first-order valence-electron chi connectivity index (χ1n) is 5.34. The number of hydrogen-bond acceptors (Lipinski definition) is 2. The fourth-order valence-electron chi connectivity index (χ4n) is 1.64. The summed E-state index contributed by atoms with van der Waals surface area (Å²) < 4.78 is 0.416. The zero-order valence-corrected chi connectivity index (χ0v) is 10.2. The molecule has 1 N–H and O–H groups in total. The fraction of sp³-hybridized carbons (Fsp3) is 1.00. The zero-order valence-electron chi connectivity index (χ0n) is 9.39. The minimum atomic E-state index is 0.416. The van der Waals surface area contributed by atoms with Gasteiger partial charge in [-0.3, -0.25) is 0 Å². The molecule has 1 rings (SSSR count). The van der Waals surface area contributed by atoms with E-state index in [0.29, 0.717) is 4.75 Å². The molecular weight excluding hydrogens is 178 g/mol. The summed E-state index contributed by atoms with van der Waals surface area (Å²) in [5.74, 6) is 2.23. The molecule has 78 valence electrons. The van der Waals surface area contributed by atoms with Gasteiger partial charge in [0.2, 0.25) is 0 Å². The van der Waals surface area contributed by atoms with Crippen LogP contribution in [0.4, 0.5) is 0 Å². The van der Waals surface area contributed by atoms with Crippen molar-refractivity contribution in [3.05, 3.63) is 0 Å². The maximum atomic E-state index is 3.46. The molecule has 0 aromatic carbocycles. The zero-order chi connectivity index (χ0) is 9.90. The molecule has 1 aliphatic carbocycles. The maximum Gasteiger partial charge on any atom is 0.0183 e. The smallest absolute Gasteiger partial charge is 0.0183 e. The number of nitrogens with one attached hydrogen (secondary N) is 1. The van der Waals surface area contributed by atoms with Gasteiger partial charge >= 0.3 is 0 Å². The van der Waals surface area contributed by atoms with Gasteiger partial charge in [0.25, 0.3) is 0 Å². The Labute approximate surface area is 87.1 Å². The summed E-state index contributed by atoms with van der Waals surface area (Å²) in [5.41, 5.74) is 0. The van der Waals surface area contributed by atoms with Crippen molar-refractivity contribution >= 4 is 11.8 Å². The van der Waals surface area contributed by atoms with Crippen LogP contribution in [0.25, 0.3) is 0 Å². The van der Waals surface area contributed by atoms with Crippen molar-refractivity contribution in [2.24, 2.45) is 5.92 Å². The molecule has 0 heterocycles. The van der Waals surface area contributed by atoms with Crippen LogP contribution in [-0.4, -0.2) is 23.6 Å². The van der Waals surface area contributed by atoms with E-state index < -0.39 is 0 Å². The van der Waals surface area contributed by atoms with Crippen LogP contribution in [0.1, 0.15) is 40.0 Å². The summed E-state index contributed by atoms with van der Waals surface area (Å²) in [6.07, 6.45) is 4.33. The molecule has 0 amide bonds. The van der Waals surface area contributed by atoms with E-state index in [2.05, 4.69) is 44.9 Å². The van der Waals surface area contributed by atoms with E-state index in [4.69, 9.17) is 0 Å².